The average molecular weight is 373 g/mol. The van der Waals surface area contributed by atoms with Crippen LogP contribution in [0.2, 0.25) is 0 Å². The van der Waals surface area contributed by atoms with Crippen molar-refractivity contribution in [3.05, 3.63) is 48.2 Å². The third-order valence-electron chi connectivity index (χ3n) is 3.67. The molecule has 0 bridgehead atoms. The Balaban J connectivity index is 1.58. The van der Waals surface area contributed by atoms with Crippen LogP contribution in [-0.2, 0) is 22.7 Å². The lowest BCUT2D eigenvalue weighted by Gasteiger charge is -2.09. The Kier molecular flexibility index (Phi) is 5.96. The number of aromatic nitrogens is 3. The summed E-state index contributed by atoms with van der Waals surface area (Å²) >= 11 is 1.28. The summed E-state index contributed by atoms with van der Waals surface area (Å²) < 4.78 is 17.9. The maximum atomic E-state index is 12.1. The molecule has 0 N–H and O–H groups in total. The average Bonchev–Trinajstić information content (AvgIpc) is 3.33. The largest absolute Gasteiger partial charge is 0.496 e. The summed E-state index contributed by atoms with van der Waals surface area (Å²) in [4.78, 5) is 12.1. The molecule has 0 aliphatic heterocycles. The molecule has 2 heterocycles. The first-order chi connectivity index (χ1) is 12.7. The highest BCUT2D eigenvalue weighted by atomic mass is 32.2. The van der Waals surface area contributed by atoms with E-state index in [2.05, 4.69) is 10.2 Å². The molecule has 0 fully saturated rings. The molecular formula is C18H19N3O4S. The predicted molar refractivity (Wildman–Crippen MR) is 96.9 cm³/mol. The van der Waals surface area contributed by atoms with Crippen LogP contribution in [0.15, 0.2) is 52.2 Å². The molecule has 0 aliphatic rings. The summed E-state index contributed by atoms with van der Waals surface area (Å²) in [5.41, 5.74) is 0.824. The molecule has 0 saturated carbocycles. The smallest absolute Gasteiger partial charge is 0.316 e. The number of benzene rings is 1. The van der Waals surface area contributed by atoms with E-state index in [0.29, 0.717) is 29.0 Å². The Hall–Kier alpha value is -2.74. The number of nitrogens with zero attached hydrogens (tertiary/aromatic N) is 3. The second-order valence-electron chi connectivity index (χ2n) is 5.29. The lowest BCUT2D eigenvalue weighted by Crippen LogP contribution is -2.09. The van der Waals surface area contributed by atoms with Gasteiger partial charge in [0.15, 0.2) is 16.7 Å². The highest BCUT2D eigenvalue weighted by Crippen LogP contribution is 2.24. The number of carbonyl (C=O) groups is 1. The van der Waals surface area contributed by atoms with E-state index < -0.39 is 0 Å². The van der Waals surface area contributed by atoms with Gasteiger partial charge in [-0.15, -0.1) is 10.2 Å². The third-order valence-corrected chi connectivity index (χ3v) is 4.62. The second-order valence-corrected chi connectivity index (χ2v) is 6.23. The van der Waals surface area contributed by atoms with Crippen molar-refractivity contribution in [1.82, 2.24) is 14.8 Å². The number of hydrogen-bond donors (Lipinski definition) is 0. The van der Waals surface area contributed by atoms with E-state index in [1.165, 1.54) is 11.8 Å². The van der Waals surface area contributed by atoms with E-state index >= 15 is 0 Å². The van der Waals surface area contributed by atoms with Crippen molar-refractivity contribution < 1.29 is 18.7 Å². The van der Waals surface area contributed by atoms with Crippen LogP contribution in [0.5, 0.6) is 5.75 Å². The first kappa shape index (κ1) is 18.1. The van der Waals surface area contributed by atoms with Crippen molar-refractivity contribution in [1.29, 1.82) is 0 Å². The van der Waals surface area contributed by atoms with E-state index in [-0.39, 0.29) is 18.3 Å². The van der Waals surface area contributed by atoms with E-state index in [4.69, 9.17) is 13.9 Å². The van der Waals surface area contributed by atoms with Gasteiger partial charge in [-0.05, 0) is 25.1 Å². The number of rotatable bonds is 8. The topological polar surface area (TPSA) is 79.4 Å². The summed E-state index contributed by atoms with van der Waals surface area (Å²) in [5.74, 6) is 1.80. The summed E-state index contributed by atoms with van der Waals surface area (Å²) in [7, 11) is 1.59. The molecule has 0 saturated heterocycles. The Morgan fingerprint density at radius 1 is 1.23 bits per heavy atom. The quantitative estimate of drug-likeness (QED) is 0.442. The van der Waals surface area contributed by atoms with Crippen molar-refractivity contribution in [2.45, 2.75) is 25.2 Å². The zero-order chi connectivity index (χ0) is 18.4. The molecule has 3 rings (SSSR count). The van der Waals surface area contributed by atoms with Gasteiger partial charge in [-0.1, -0.05) is 30.0 Å². The fourth-order valence-electron chi connectivity index (χ4n) is 2.41. The van der Waals surface area contributed by atoms with Gasteiger partial charge in [0.25, 0.3) is 0 Å². The van der Waals surface area contributed by atoms with Crippen LogP contribution in [0.3, 0.4) is 0 Å². The molecule has 0 amide bonds. The predicted octanol–water partition coefficient (Wildman–Crippen LogP) is 3.40. The molecule has 7 nitrogen and oxygen atoms in total. The Bertz CT molecular complexity index is 861. The molecule has 2 aromatic heterocycles. The van der Waals surface area contributed by atoms with Crippen molar-refractivity contribution in [2.75, 3.05) is 12.9 Å². The normalized spacial score (nSPS) is 10.7. The number of ether oxygens (including phenoxy) is 2. The van der Waals surface area contributed by atoms with Gasteiger partial charge < -0.3 is 13.9 Å². The molecular weight excluding hydrogens is 354 g/mol. The summed E-state index contributed by atoms with van der Waals surface area (Å²) in [5, 5.41) is 8.95. The van der Waals surface area contributed by atoms with E-state index in [1.54, 1.807) is 19.4 Å². The molecule has 3 aromatic rings. The molecule has 26 heavy (non-hydrogen) atoms. The minimum absolute atomic E-state index is 0.144. The van der Waals surface area contributed by atoms with E-state index in [9.17, 15) is 4.79 Å². The fraction of sp³-hybridized carbons (Fsp3) is 0.278. The Morgan fingerprint density at radius 3 is 2.81 bits per heavy atom. The zero-order valence-electron chi connectivity index (χ0n) is 14.5. The summed E-state index contributed by atoms with van der Waals surface area (Å²) in [6.45, 7) is 2.82. The summed E-state index contributed by atoms with van der Waals surface area (Å²) in [6.07, 6.45) is 1.59. The maximum Gasteiger partial charge on any atom is 0.316 e. The van der Waals surface area contributed by atoms with Gasteiger partial charge in [-0.2, -0.15) is 0 Å². The van der Waals surface area contributed by atoms with Crippen molar-refractivity contribution in [3.63, 3.8) is 0 Å². The molecule has 8 heteroatoms. The number of methoxy groups -OCH3 is 1. The first-order valence-electron chi connectivity index (χ1n) is 8.10. The SMILES string of the molecule is CCn1c(SCC(=O)OCc2ccccc2OC)nnc1-c1ccco1. The minimum Gasteiger partial charge on any atom is -0.496 e. The number of carbonyl (C=O) groups excluding carboxylic acids is 1. The number of furan rings is 1. The van der Waals surface area contributed by atoms with Crippen LogP contribution in [0.1, 0.15) is 12.5 Å². The van der Waals surface area contributed by atoms with Gasteiger partial charge >= 0.3 is 5.97 Å². The van der Waals surface area contributed by atoms with Crippen LogP contribution in [0.4, 0.5) is 0 Å². The highest BCUT2D eigenvalue weighted by Gasteiger charge is 2.16. The first-order valence-corrected chi connectivity index (χ1v) is 9.09. The van der Waals surface area contributed by atoms with Gasteiger partial charge in [0.05, 0.1) is 19.1 Å². The molecule has 0 unspecified atom stereocenters. The van der Waals surface area contributed by atoms with Gasteiger partial charge in [-0.3, -0.25) is 9.36 Å². The van der Waals surface area contributed by atoms with Crippen LogP contribution in [-0.4, -0.2) is 33.6 Å². The molecule has 1 aromatic carbocycles. The Morgan fingerprint density at radius 2 is 2.08 bits per heavy atom. The molecule has 136 valence electrons. The monoisotopic (exact) mass is 373 g/mol. The number of esters is 1. The van der Waals surface area contributed by atoms with Crippen LogP contribution < -0.4 is 4.74 Å². The highest BCUT2D eigenvalue weighted by molar-refractivity contribution is 7.99. The van der Waals surface area contributed by atoms with Crippen LogP contribution >= 0.6 is 11.8 Å². The van der Waals surface area contributed by atoms with E-state index in [0.717, 1.165) is 5.56 Å². The molecule has 0 spiro atoms. The van der Waals surface area contributed by atoms with Gasteiger partial charge in [0, 0.05) is 12.1 Å². The van der Waals surface area contributed by atoms with Crippen molar-refractivity contribution in [3.8, 4) is 17.3 Å². The van der Waals surface area contributed by atoms with Crippen molar-refractivity contribution >= 4 is 17.7 Å². The van der Waals surface area contributed by atoms with Gasteiger partial charge in [0.2, 0.25) is 0 Å². The second kappa shape index (κ2) is 8.57. The molecule has 0 atom stereocenters. The third kappa shape index (κ3) is 4.08. The minimum atomic E-state index is -0.328. The fourth-order valence-corrected chi connectivity index (χ4v) is 3.21. The Labute approximate surface area is 155 Å². The van der Waals surface area contributed by atoms with Crippen LogP contribution in [0.25, 0.3) is 11.6 Å². The van der Waals surface area contributed by atoms with Crippen LogP contribution in [0, 0.1) is 0 Å². The lowest BCUT2D eigenvalue weighted by atomic mass is 10.2. The molecule has 0 radical (unpaired) electrons. The number of thioether (sulfide) groups is 1. The number of hydrogen-bond acceptors (Lipinski definition) is 7. The summed E-state index contributed by atoms with van der Waals surface area (Å²) in [6, 6.07) is 11.1. The zero-order valence-corrected chi connectivity index (χ0v) is 15.4. The lowest BCUT2D eigenvalue weighted by molar-refractivity contribution is -0.141. The number of para-hydroxylation sites is 1. The maximum absolute atomic E-state index is 12.1. The van der Waals surface area contributed by atoms with Crippen molar-refractivity contribution in [2.24, 2.45) is 0 Å². The van der Waals surface area contributed by atoms with Gasteiger partial charge in [-0.25, -0.2) is 0 Å². The standard InChI is InChI=1S/C18H19N3O4S/c1-3-21-17(15-9-6-10-24-15)19-20-18(21)26-12-16(22)25-11-13-7-4-5-8-14(13)23-2/h4-10H,3,11-12H2,1-2H3. The molecule has 0 aliphatic carbocycles. The van der Waals surface area contributed by atoms with E-state index in [1.807, 2.05) is 41.8 Å². The van der Waals surface area contributed by atoms with Gasteiger partial charge in [0.1, 0.15) is 12.4 Å².